The number of aliphatic carboxylic acids is 1. The summed E-state index contributed by atoms with van der Waals surface area (Å²) in [6.45, 7) is 6.09. The molecular weight excluding hydrogens is 220 g/mol. The van der Waals surface area contributed by atoms with Gasteiger partial charge in [-0.05, 0) is 31.6 Å². The predicted octanol–water partition coefficient (Wildman–Crippen LogP) is 1.58. The third-order valence-corrected chi connectivity index (χ3v) is 3.84. The van der Waals surface area contributed by atoms with Gasteiger partial charge in [-0.3, -0.25) is 0 Å². The van der Waals surface area contributed by atoms with E-state index in [1.165, 1.54) is 0 Å². The Hall–Kier alpha value is -1.26. The van der Waals surface area contributed by atoms with Gasteiger partial charge in [0.1, 0.15) is 5.54 Å². The molecule has 0 radical (unpaired) electrons. The summed E-state index contributed by atoms with van der Waals surface area (Å²) in [5.41, 5.74) is -1.13. The molecule has 2 atom stereocenters. The highest BCUT2D eigenvalue weighted by Gasteiger charge is 2.51. The lowest BCUT2D eigenvalue weighted by Gasteiger charge is -2.44. The van der Waals surface area contributed by atoms with E-state index in [0.717, 1.165) is 19.3 Å². The van der Waals surface area contributed by atoms with Crippen molar-refractivity contribution >= 4 is 12.0 Å². The number of hydrogen-bond donors (Lipinski definition) is 3. The minimum absolute atomic E-state index is 0.0497. The highest BCUT2D eigenvalue weighted by molar-refractivity contribution is 5.87. The Morgan fingerprint density at radius 1 is 1.29 bits per heavy atom. The molecule has 1 fully saturated rings. The van der Waals surface area contributed by atoms with Crippen molar-refractivity contribution in [1.82, 2.24) is 10.6 Å². The van der Waals surface area contributed by atoms with Crippen LogP contribution in [-0.2, 0) is 4.79 Å². The van der Waals surface area contributed by atoms with Gasteiger partial charge in [-0.1, -0.05) is 20.3 Å². The highest BCUT2D eigenvalue weighted by atomic mass is 16.4. The van der Waals surface area contributed by atoms with Crippen LogP contribution in [0.4, 0.5) is 4.79 Å². The summed E-state index contributed by atoms with van der Waals surface area (Å²) in [4.78, 5) is 23.2. The largest absolute Gasteiger partial charge is 0.479 e. The van der Waals surface area contributed by atoms with E-state index in [0.29, 0.717) is 6.54 Å². The lowest BCUT2D eigenvalue weighted by atomic mass is 9.67. The quantitative estimate of drug-likeness (QED) is 0.703. The molecule has 0 saturated heterocycles. The van der Waals surface area contributed by atoms with E-state index in [1.54, 1.807) is 6.92 Å². The number of carbonyl (C=O) groups is 2. The van der Waals surface area contributed by atoms with E-state index < -0.39 is 17.5 Å². The van der Waals surface area contributed by atoms with Gasteiger partial charge in [0.2, 0.25) is 0 Å². The van der Waals surface area contributed by atoms with E-state index in [9.17, 15) is 14.7 Å². The molecule has 1 saturated carbocycles. The van der Waals surface area contributed by atoms with Crippen LogP contribution < -0.4 is 10.6 Å². The average Bonchev–Trinajstić information content (AvgIpc) is 2.23. The Labute approximate surface area is 102 Å². The molecule has 98 valence electrons. The molecule has 0 aromatic carbocycles. The van der Waals surface area contributed by atoms with Gasteiger partial charge in [0.15, 0.2) is 0 Å². The number of hydrogen-bond acceptors (Lipinski definition) is 2. The number of carboxylic acids is 1. The Morgan fingerprint density at radius 2 is 1.82 bits per heavy atom. The Balaban J connectivity index is 2.94. The van der Waals surface area contributed by atoms with E-state index in [4.69, 9.17) is 0 Å². The number of nitrogens with one attached hydrogen (secondary N) is 2. The highest BCUT2D eigenvalue weighted by Crippen LogP contribution is 2.38. The van der Waals surface area contributed by atoms with Gasteiger partial charge in [-0.25, -0.2) is 9.59 Å². The monoisotopic (exact) mass is 242 g/mol. The molecule has 0 bridgehead atoms. The van der Waals surface area contributed by atoms with E-state index in [1.807, 2.05) is 13.8 Å². The average molecular weight is 242 g/mol. The molecule has 0 heterocycles. The van der Waals surface area contributed by atoms with Gasteiger partial charge in [0, 0.05) is 6.54 Å². The standard InChI is InChI=1S/C12H22N2O3/c1-4-13-11(17)14-12(10(15)16)8(2)6-5-7-9(12)3/h8-9H,4-7H2,1-3H3,(H,15,16)(H2,13,14,17). The third kappa shape index (κ3) is 2.53. The first-order valence-corrected chi connectivity index (χ1v) is 6.24. The van der Waals surface area contributed by atoms with Crippen LogP contribution in [0, 0.1) is 11.8 Å². The topological polar surface area (TPSA) is 78.4 Å². The molecule has 0 aliphatic heterocycles. The molecule has 2 unspecified atom stereocenters. The number of urea groups is 1. The van der Waals surface area contributed by atoms with Crippen LogP contribution in [0.5, 0.6) is 0 Å². The second-order valence-electron chi connectivity index (χ2n) is 4.89. The van der Waals surface area contributed by atoms with E-state index >= 15 is 0 Å². The van der Waals surface area contributed by atoms with Crippen LogP contribution in [0.25, 0.3) is 0 Å². The Morgan fingerprint density at radius 3 is 2.24 bits per heavy atom. The van der Waals surface area contributed by atoms with Gasteiger partial charge < -0.3 is 15.7 Å². The fraction of sp³-hybridized carbons (Fsp3) is 0.833. The zero-order valence-electron chi connectivity index (χ0n) is 10.7. The smallest absolute Gasteiger partial charge is 0.330 e. The minimum atomic E-state index is -1.13. The summed E-state index contributed by atoms with van der Waals surface area (Å²) >= 11 is 0. The van der Waals surface area contributed by atoms with Gasteiger partial charge in [0.25, 0.3) is 0 Å². The molecule has 17 heavy (non-hydrogen) atoms. The summed E-state index contributed by atoms with van der Waals surface area (Å²) in [7, 11) is 0. The molecule has 0 spiro atoms. The van der Waals surface area contributed by atoms with Crippen molar-refractivity contribution in [1.29, 1.82) is 0 Å². The van der Waals surface area contributed by atoms with Crippen LogP contribution in [0.1, 0.15) is 40.0 Å². The lowest BCUT2D eigenvalue weighted by Crippen LogP contribution is -2.65. The van der Waals surface area contributed by atoms with Crippen molar-refractivity contribution in [2.75, 3.05) is 6.54 Å². The van der Waals surface area contributed by atoms with Gasteiger partial charge in [-0.15, -0.1) is 0 Å². The summed E-state index contributed by atoms with van der Waals surface area (Å²) in [5, 5.41) is 14.8. The van der Waals surface area contributed by atoms with E-state index in [2.05, 4.69) is 10.6 Å². The van der Waals surface area contributed by atoms with Crippen LogP contribution in [-0.4, -0.2) is 29.2 Å². The number of carboxylic acid groups (broad SMARTS) is 1. The first-order valence-electron chi connectivity index (χ1n) is 6.24. The zero-order chi connectivity index (χ0) is 13.1. The van der Waals surface area contributed by atoms with Crippen LogP contribution >= 0.6 is 0 Å². The second-order valence-corrected chi connectivity index (χ2v) is 4.89. The summed E-state index contributed by atoms with van der Waals surface area (Å²) in [5.74, 6) is -1.03. The Kier molecular flexibility index (Phi) is 4.37. The van der Waals surface area contributed by atoms with Gasteiger partial charge in [0.05, 0.1) is 0 Å². The van der Waals surface area contributed by atoms with Crippen LogP contribution in [0.15, 0.2) is 0 Å². The fourth-order valence-electron chi connectivity index (χ4n) is 2.79. The third-order valence-electron chi connectivity index (χ3n) is 3.84. The molecule has 1 rings (SSSR count). The minimum Gasteiger partial charge on any atom is -0.479 e. The zero-order valence-corrected chi connectivity index (χ0v) is 10.7. The van der Waals surface area contributed by atoms with E-state index in [-0.39, 0.29) is 11.8 Å². The molecule has 1 aliphatic rings. The van der Waals surface area contributed by atoms with Crippen LogP contribution in [0.2, 0.25) is 0 Å². The molecule has 1 aliphatic carbocycles. The molecule has 3 N–H and O–H groups in total. The number of amides is 2. The molecule has 2 amide bonds. The SMILES string of the molecule is CCNC(=O)NC1(C(=O)O)C(C)CCCC1C. The molecule has 0 aromatic rings. The van der Waals surface area contributed by atoms with Crippen molar-refractivity contribution in [2.45, 2.75) is 45.6 Å². The maximum absolute atomic E-state index is 11.6. The maximum Gasteiger partial charge on any atom is 0.330 e. The lowest BCUT2D eigenvalue weighted by molar-refractivity contribution is -0.151. The summed E-state index contributed by atoms with van der Waals surface area (Å²) < 4.78 is 0. The van der Waals surface area contributed by atoms with Crippen molar-refractivity contribution in [3.8, 4) is 0 Å². The molecular formula is C12H22N2O3. The molecule has 5 nitrogen and oxygen atoms in total. The normalized spacial score (nSPS) is 32.9. The Bertz CT molecular complexity index is 294. The maximum atomic E-state index is 11.6. The van der Waals surface area contributed by atoms with Crippen LogP contribution in [0.3, 0.4) is 0 Å². The molecule has 5 heteroatoms. The molecule has 0 aromatic heterocycles. The van der Waals surface area contributed by atoms with Gasteiger partial charge >= 0.3 is 12.0 Å². The second kappa shape index (κ2) is 5.38. The van der Waals surface area contributed by atoms with Crippen molar-refractivity contribution in [3.63, 3.8) is 0 Å². The fourth-order valence-corrected chi connectivity index (χ4v) is 2.79. The summed E-state index contributed by atoms with van der Waals surface area (Å²) in [6, 6.07) is -0.393. The number of rotatable bonds is 3. The van der Waals surface area contributed by atoms with Crippen molar-refractivity contribution in [2.24, 2.45) is 11.8 Å². The van der Waals surface area contributed by atoms with Crippen molar-refractivity contribution < 1.29 is 14.7 Å². The summed E-state index contributed by atoms with van der Waals surface area (Å²) in [6.07, 6.45) is 2.69. The van der Waals surface area contributed by atoms with Gasteiger partial charge in [-0.2, -0.15) is 0 Å². The predicted molar refractivity (Wildman–Crippen MR) is 64.8 cm³/mol. The number of carbonyl (C=O) groups excluding carboxylic acids is 1. The first kappa shape index (κ1) is 13.8. The van der Waals surface area contributed by atoms with Crippen molar-refractivity contribution in [3.05, 3.63) is 0 Å². The first-order chi connectivity index (χ1) is 7.95.